The summed E-state index contributed by atoms with van der Waals surface area (Å²) in [7, 11) is 1.56. The first-order valence-corrected chi connectivity index (χ1v) is 21.1. The number of aliphatic hydroxyl groups is 1. The molecule has 6 N–H and O–H groups in total. The second-order valence-corrected chi connectivity index (χ2v) is 19.1. The lowest BCUT2D eigenvalue weighted by molar-refractivity contribution is -0.155. The highest BCUT2D eigenvalue weighted by molar-refractivity contribution is 5.99. The summed E-state index contributed by atoms with van der Waals surface area (Å²) < 4.78 is 0. The number of hydrogen-bond donors (Lipinski definition) is 6. The van der Waals surface area contributed by atoms with Crippen LogP contribution < -0.4 is 21.3 Å². The summed E-state index contributed by atoms with van der Waals surface area (Å²) >= 11 is 0. The number of aryl methyl sites for hydroxylation is 1. The van der Waals surface area contributed by atoms with E-state index >= 15 is 0 Å². The number of likely N-dealkylation sites (tertiary alicyclic amines) is 1. The van der Waals surface area contributed by atoms with Gasteiger partial charge in [-0.15, -0.1) is 0 Å². The Morgan fingerprint density at radius 2 is 1.39 bits per heavy atom. The minimum atomic E-state index is -1.67. The lowest BCUT2D eigenvalue weighted by Crippen LogP contribution is -2.64. The molecule has 1 saturated heterocycles. The first kappa shape index (κ1) is 48.8. The molecule has 1 aromatic rings. The number of aliphatic carboxylic acids is 1. The SMILES string of the molecule is CC(C)[C@@H](C(=O)NC(C(=O)N[C@@H](CC(=O)N1CCCC1)C(=O)NC(C(=O)N[C@H](CO)CC(C)(C)C)C1(C(=O)O)CCCC1)C(C)(C)C)N(C)C(=O)CCc1ccccc1. The molecule has 2 unspecified atom stereocenters. The zero-order chi connectivity index (χ0) is 44.3. The van der Waals surface area contributed by atoms with Gasteiger partial charge in [0.2, 0.25) is 35.4 Å². The molecule has 0 spiro atoms. The van der Waals surface area contributed by atoms with Crippen LogP contribution in [0.3, 0.4) is 0 Å². The number of likely N-dealkylation sites (N-methyl/N-ethyl adjacent to an activating group) is 1. The fourth-order valence-corrected chi connectivity index (χ4v) is 8.31. The molecule has 1 aliphatic heterocycles. The number of hydrogen-bond acceptors (Lipinski definition) is 8. The minimum absolute atomic E-state index is 0.103. The topological polar surface area (TPSA) is 215 Å². The molecule has 5 atom stereocenters. The summed E-state index contributed by atoms with van der Waals surface area (Å²) in [6.07, 6.45) is 3.31. The van der Waals surface area contributed by atoms with E-state index in [2.05, 4.69) is 21.3 Å². The zero-order valence-corrected chi connectivity index (χ0v) is 36.7. The van der Waals surface area contributed by atoms with Gasteiger partial charge in [-0.2, -0.15) is 0 Å². The number of carbonyl (C=O) groups excluding carboxylic acids is 6. The fraction of sp³-hybridized carbons (Fsp3) is 0.705. The monoisotopic (exact) mass is 827 g/mol. The van der Waals surface area contributed by atoms with Gasteiger partial charge in [-0.3, -0.25) is 33.6 Å². The van der Waals surface area contributed by atoms with Gasteiger partial charge < -0.3 is 41.3 Å². The van der Waals surface area contributed by atoms with E-state index in [4.69, 9.17) is 0 Å². The Kier molecular flexibility index (Phi) is 17.5. The van der Waals surface area contributed by atoms with Crippen LogP contribution in [0.25, 0.3) is 0 Å². The van der Waals surface area contributed by atoms with Crippen molar-refractivity contribution in [3.63, 3.8) is 0 Å². The van der Waals surface area contributed by atoms with Crippen molar-refractivity contribution in [3.05, 3.63) is 35.9 Å². The van der Waals surface area contributed by atoms with Crippen LogP contribution in [0.1, 0.15) is 119 Å². The van der Waals surface area contributed by atoms with E-state index in [9.17, 15) is 43.8 Å². The number of aliphatic hydroxyl groups excluding tert-OH is 1. The maximum absolute atomic E-state index is 14.4. The molecule has 0 bridgehead atoms. The molecular formula is C44H70N6O9. The number of amides is 6. The van der Waals surface area contributed by atoms with E-state index in [1.807, 2.05) is 51.1 Å². The van der Waals surface area contributed by atoms with Crippen molar-refractivity contribution >= 4 is 41.4 Å². The third-order valence-corrected chi connectivity index (χ3v) is 11.5. The number of benzene rings is 1. The van der Waals surface area contributed by atoms with Crippen LogP contribution >= 0.6 is 0 Å². The lowest BCUT2D eigenvalue weighted by atomic mass is 9.77. The Morgan fingerprint density at radius 1 is 0.797 bits per heavy atom. The van der Waals surface area contributed by atoms with E-state index in [-0.39, 0.29) is 36.5 Å². The summed E-state index contributed by atoms with van der Waals surface area (Å²) in [5.41, 5.74) is -1.92. The number of carboxylic acid groups (broad SMARTS) is 1. The molecule has 330 valence electrons. The molecule has 15 heteroatoms. The van der Waals surface area contributed by atoms with Crippen LogP contribution in [-0.4, -0.2) is 118 Å². The highest BCUT2D eigenvalue weighted by atomic mass is 16.4. The molecule has 1 aromatic carbocycles. The van der Waals surface area contributed by atoms with Crippen LogP contribution in [0.5, 0.6) is 0 Å². The van der Waals surface area contributed by atoms with E-state index in [0.29, 0.717) is 38.8 Å². The average Bonchev–Trinajstić information content (AvgIpc) is 3.88. The molecule has 1 saturated carbocycles. The maximum atomic E-state index is 14.4. The quantitative estimate of drug-likeness (QED) is 0.121. The Hall–Kier alpha value is -4.53. The van der Waals surface area contributed by atoms with Crippen LogP contribution in [0, 0.1) is 22.2 Å². The minimum Gasteiger partial charge on any atom is -0.481 e. The van der Waals surface area contributed by atoms with Gasteiger partial charge in [-0.25, -0.2) is 0 Å². The van der Waals surface area contributed by atoms with Gasteiger partial charge in [0.25, 0.3) is 0 Å². The second-order valence-electron chi connectivity index (χ2n) is 19.1. The Balaban J connectivity index is 1.93. The Morgan fingerprint density at radius 3 is 1.90 bits per heavy atom. The molecule has 6 amide bonds. The zero-order valence-electron chi connectivity index (χ0n) is 36.7. The molecule has 0 aromatic heterocycles. The molecule has 59 heavy (non-hydrogen) atoms. The first-order valence-electron chi connectivity index (χ1n) is 21.1. The predicted molar refractivity (Wildman–Crippen MR) is 223 cm³/mol. The number of nitrogens with one attached hydrogen (secondary N) is 4. The van der Waals surface area contributed by atoms with Crippen molar-refractivity contribution in [2.45, 2.75) is 150 Å². The van der Waals surface area contributed by atoms with Gasteiger partial charge in [-0.05, 0) is 60.8 Å². The van der Waals surface area contributed by atoms with Crippen molar-refractivity contribution in [1.29, 1.82) is 0 Å². The summed E-state index contributed by atoms with van der Waals surface area (Å²) in [4.78, 5) is 99.8. The highest BCUT2D eigenvalue weighted by Crippen LogP contribution is 2.42. The van der Waals surface area contributed by atoms with E-state index in [1.165, 1.54) is 4.90 Å². The third-order valence-electron chi connectivity index (χ3n) is 11.5. The number of rotatable bonds is 19. The summed E-state index contributed by atoms with van der Waals surface area (Å²) in [6, 6.07) is 3.46. The number of nitrogens with zero attached hydrogens (tertiary/aromatic N) is 2. The van der Waals surface area contributed by atoms with Crippen LogP contribution in [0.15, 0.2) is 30.3 Å². The largest absolute Gasteiger partial charge is 0.481 e. The fourth-order valence-electron chi connectivity index (χ4n) is 8.31. The normalized spacial score (nSPS) is 17.9. The molecular weight excluding hydrogens is 757 g/mol. The third kappa shape index (κ3) is 13.8. The number of carbonyl (C=O) groups is 7. The number of carboxylic acids is 1. The van der Waals surface area contributed by atoms with Crippen LogP contribution in [0.2, 0.25) is 0 Å². The predicted octanol–water partition coefficient (Wildman–Crippen LogP) is 3.17. The van der Waals surface area contributed by atoms with Crippen molar-refractivity contribution in [1.82, 2.24) is 31.1 Å². The summed E-state index contributed by atoms with van der Waals surface area (Å²) in [5, 5.41) is 31.6. The van der Waals surface area contributed by atoms with E-state index in [0.717, 1.165) is 18.4 Å². The van der Waals surface area contributed by atoms with Crippen molar-refractivity contribution in [2.75, 3.05) is 26.7 Å². The molecule has 1 aliphatic carbocycles. The Bertz CT molecular complexity index is 1620. The molecule has 0 radical (unpaired) electrons. The first-order chi connectivity index (χ1) is 27.5. The van der Waals surface area contributed by atoms with Gasteiger partial charge >= 0.3 is 5.97 Å². The van der Waals surface area contributed by atoms with Gasteiger partial charge in [0.15, 0.2) is 0 Å². The van der Waals surface area contributed by atoms with E-state index < -0.39 is 89.6 Å². The Labute approximate surface area is 350 Å². The van der Waals surface area contributed by atoms with Crippen molar-refractivity contribution in [3.8, 4) is 0 Å². The van der Waals surface area contributed by atoms with Crippen molar-refractivity contribution in [2.24, 2.45) is 22.2 Å². The molecule has 15 nitrogen and oxygen atoms in total. The van der Waals surface area contributed by atoms with Gasteiger partial charge in [0, 0.05) is 26.6 Å². The summed E-state index contributed by atoms with van der Waals surface area (Å²) in [6.45, 7) is 15.1. The van der Waals surface area contributed by atoms with Crippen LogP contribution in [-0.2, 0) is 40.0 Å². The van der Waals surface area contributed by atoms with Crippen LogP contribution in [0.4, 0.5) is 0 Å². The standard InChI is InChI=1S/C44H70N6O9/c1-28(2)34(49(9)32(52)20-19-29-17-11-10-12-18-29)38(55)47-35(43(6,7)8)39(56)46-31(25-33(53)50-23-15-16-24-50)37(54)48-36(44(41(58)59)21-13-14-22-44)40(57)45-30(27-51)26-42(3,4)5/h10-12,17-18,28,30-31,34-36,51H,13-16,19-27H2,1-9H3,(H,45,57)(H,46,56)(H,47,55)(H,48,54)(H,58,59)/t30-,31-,34-,35?,36?/m0/s1. The molecule has 2 aliphatic rings. The molecule has 1 heterocycles. The average molecular weight is 827 g/mol. The molecule has 2 fully saturated rings. The lowest BCUT2D eigenvalue weighted by Gasteiger charge is -2.37. The second kappa shape index (κ2) is 21.1. The van der Waals surface area contributed by atoms with Gasteiger partial charge in [0.1, 0.15) is 24.2 Å². The summed E-state index contributed by atoms with van der Waals surface area (Å²) in [5.74, 6) is -5.33. The highest BCUT2D eigenvalue weighted by Gasteiger charge is 2.53. The van der Waals surface area contributed by atoms with Crippen molar-refractivity contribution < 1.29 is 43.8 Å². The smallest absolute Gasteiger partial charge is 0.312 e. The molecule has 3 rings (SSSR count). The maximum Gasteiger partial charge on any atom is 0.312 e. The van der Waals surface area contributed by atoms with E-state index in [1.54, 1.807) is 46.6 Å². The van der Waals surface area contributed by atoms with Gasteiger partial charge in [0.05, 0.1) is 24.5 Å². The van der Waals surface area contributed by atoms with Gasteiger partial charge in [-0.1, -0.05) is 98.6 Å².